The smallest absolute Gasteiger partial charge is 0.313 e. The lowest BCUT2D eigenvalue weighted by atomic mass is 9.98. The first-order valence-corrected chi connectivity index (χ1v) is 5.18. The van der Waals surface area contributed by atoms with E-state index in [0.29, 0.717) is 12.2 Å². The van der Waals surface area contributed by atoms with Crippen LogP contribution >= 0.6 is 0 Å². The highest BCUT2D eigenvalue weighted by molar-refractivity contribution is 5.72. The van der Waals surface area contributed by atoms with Gasteiger partial charge in [0.1, 0.15) is 5.76 Å². The molecule has 0 heterocycles. The third kappa shape index (κ3) is 2.92. The summed E-state index contributed by atoms with van der Waals surface area (Å²) >= 11 is 0. The average Bonchev–Trinajstić information content (AvgIpc) is 2.20. The first kappa shape index (κ1) is 12.4. The molecule has 0 saturated carbocycles. The standard InChI is InChI=1S/C11H15NO4/c1-7(2)11(13)16-10-5-4-9(12(14)15)6-8(10)3/h4-5,7-8H,6H2,1-3H3. The molecular formula is C11H15NO4. The molecule has 0 aromatic carbocycles. The van der Waals surface area contributed by atoms with Crippen molar-refractivity contribution in [2.45, 2.75) is 27.2 Å². The van der Waals surface area contributed by atoms with E-state index in [2.05, 4.69) is 0 Å². The van der Waals surface area contributed by atoms with Gasteiger partial charge in [0.25, 0.3) is 0 Å². The summed E-state index contributed by atoms with van der Waals surface area (Å²) in [6.07, 6.45) is 3.19. The van der Waals surface area contributed by atoms with E-state index in [9.17, 15) is 14.9 Å². The molecule has 5 heteroatoms. The van der Waals surface area contributed by atoms with Crippen LogP contribution in [0.2, 0.25) is 0 Å². The predicted molar refractivity (Wildman–Crippen MR) is 57.9 cm³/mol. The van der Waals surface area contributed by atoms with Gasteiger partial charge in [0.05, 0.1) is 10.8 Å². The van der Waals surface area contributed by atoms with Crippen LogP contribution in [-0.4, -0.2) is 10.9 Å². The highest BCUT2D eigenvalue weighted by atomic mass is 16.6. The van der Waals surface area contributed by atoms with Crippen LogP contribution in [0.25, 0.3) is 0 Å². The van der Waals surface area contributed by atoms with E-state index < -0.39 is 4.92 Å². The van der Waals surface area contributed by atoms with Gasteiger partial charge < -0.3 is 4.74 Å². The largest absolute Gasteiger partial charge is 0.431 e. The zero-order valence-electron chi connectivity index (χ0n) is 9.60. The molecule has 1 unspecified atom stereocenters. The predicted octanol–water partition coefficient (Wildman–Crippen LogP) is 2.27. The summed E-state index contributed by atoms with van der Waals surface area (Å²) in [7, 11) is 0. The van der Waals surface area contributed by atoms with Crippen LogP contribution in [-0.2, 0) is 9.53 Å². The second kappa shape index (κ2) is 4.92. The van der Waals surface area contributed by atoms with Crippen LogP contribution in [0.1, 0.15) is 27.2 Å². The fourth-order valence-corrected chi connectivity index (χ4v) is 1.33. The number of ether oxygens (including phenoxy) is 1. The van der Waals surface area contributed by atoms with Gasteiger partial charge in [-0.1, -0.05) is 20.8 Å². The van der Waals surface area contributed by atoms with E-state index in [0.717, 1.165) is 0 Å². The molecule has 5 nitrogen and oxygen atoms in total. The van der Waals surface area contributed by atoms with Gasteiger partial charge in [-0.25, -0.2) is 0 Å². The Kier molecular flexibility index (Phi) is 3.82. The van der Waals surface area contributed by atoms with Gasteiger partial charge >= 0.3 is 5.97 Å². The van der Waals surface area contributed by atoms with Crippen LogP contribution in [0, 0.1) is 22.0 Å². The molecule has 1 aliphatic rings. The lowest BCUT2D eigenvalue weighted by Crippen LogP contribution is -2.18. The molecule has 0 spiro atoms. The maximum Gasteiger partial charge on any atom is 0.313 e. The number of carbonyl (C=O) groups excluding carboxylic acids is 1. The zero-order chi connectivity index (χ0) is 12.3. The Morgan fingerprint density at radius 1 is 1.56 bits per heavy atom. The Morgan fingerprint density at radius 3 is 2.62 bits per heavy atom. The summed E-state index contributed by atoms with van der Waals surface area (Å²) in [6.45, 7) is 5.29. The van der Waals surface area contributed by atoms with Gasteiger partial charge in [-0.2, -0.15) is 0 Å². The third-order valence-electron chi connectivity index (χ3n) is 2.37. The number of allylic oxidation sites excluding steroid dienone is 4. The first-order valence-electron chi connectivity index (χ1n) is 5.18. The van der Waals surface area contributed by atoms with Crippen molar-refractivity contribution in [2.24, 2.45) is 11.8 Å². The fraction of sp³-hybridized carbons (Fsp3) is 0.545. The number of rotatable bonds is 3. The molecule has 0 radical (unpaired) electrons. The molecule has 0 bridgehead atoms. The van der Waals surface area contributed by atoms with E-state index in [1.807, 2.05) is 0 Å². The molecule has 1 atom stereocenters. The van der Waals surface area contributed by atoms with E-state index in [1.165, 1.54) is 12.2 Å². The molecule has 0 aromatic heterocycles. The molecule has 16 heavy (non-hydrogen) atoms. The van der Waals surface area contributed by atoms with Crippen molar-refractivity contribution in [3.8, 4) is 0 Å². The monoisotopic (exact) mass is 225 g/mol. The second-order valence-electron chi connectivity index (χ2n) is 4.17. The topological polar surface area (TPSA) is 69.4 Å². The number of esters is 1. The number of hydrogen-bond donors (Lipinski definition) is 0. The molecule has 88 valence electrons. The van der Waals surface area contributed by atoms with Crippen molar-refractivity contribution >= 4 is 5.97 Å². The Labute approximate surface area is 93.9 Å². The molecule has 0 aliphatic heterocycles. The highest BCUT2D eigenvalue weighted by Crippen LogP contribution is 2.26. The number of carbonyl (C=O) groups is 1. The van der Waals surface area contributed by atoms with Crippen LogP contribution < -0.4 is 0 Å². The van der Waals surface area contributed by atoms with Gasteiger partial charge in [-0.3, -0.25) is 14.9 Å². The number of nitrogens with zero attached hydrogens (tertiary/aromatic N) is 1. The quantitative estimate of drug-likeness (QED) is 0.419. The summed E-state index contributed by atoms with van der Waals surface area (Å²) in [6, 6.07) is 0. The highest BCUT2D eigenvalue weighted by Gasteiger charge is 2.25. The lowest BCUT2D eigenvalue weighted by molar-refractivity contribution is -0.429. The molecule has 0 fully saturated rings. The second-order valence-corrected chi connectivity index (χ2v) is 4.17. The first-order chi connectivity index (χ1) is 7.41. The van der Waals surface area contributed by atoms with Crippen molar-refractivity contribution in [3.63, 3.8) is 0 Å². The summed E-state index contributed by atoms with van der Waals surface area (Å²) in [5.74, 6) is -0.137. The maximum atomic E-state index is 11.4. The number of nitro groups is 1. The minimum atomic E-state index is -0.409. The van der Waals surface area contributed by atoms with Gasteiger partial charge in [-0.15, -0.1) is 0 Å². The molecule has 1 rings (SSSR count). The maximum absolute atomic E-state index is 11.4. The van der Waals surface area contributed by atoms with E-state index in [4.69, 9.17) is 4.74 Å². The van der Waals surface area contributed by atoms with Crippen molar-refractivity contribution in [3.05, 3.63) is 33.7 Å². The van der Waals surface area contributed by atoms with Gasteiger partial charge in [-0.05, 0) is 6.08 Å². The molecule has 0 N–H and O–H groups in total. The minimum Gasteiger partial charge on any atom is -0.431 e. The average molecular weight is 225 g/mol. The van der Waals surface area contributed by atoms with Crippen LogP contribution in [0.4, 0.5) is 0 Å². The summed E-state index contributed by atoms with van der Waals surface area (Å²) in [5, 5.41) is 10.5. The molecule has 0 aromatic rings. The van der Waals surface area contributed by atoms with Crippen molar-refractivity contribution < 1.29 is 14.5 Å². The fourth-order valence-electron chi connectivity index (χ4n) is 1.33. The zero-order valence-corrected chi connectivity index (χ0v) is 9.60. The molecule has 0 saturated heterocycles. The summed E-state index contributed by atoms with van der Waals surface area (Å²) < 4.78 is 5.15. The van der Waals surface area contributed by atoms with Gasteiger partial charge in [0.2, 0.25) is 5.70 Å². The third-order valence-corrected chi connectivity index (χ3v) is 2.37. The Bertz CT molecular complexity index is 368. The molecule has 0 amide bonds. The number of hydrogen-bond acceptors (Lipinski definition) is 4. The lowest BCUT2D eigenvalue weighted by Gasteiger charge is -2.18. The SMILES string of the molecule is CC(C)C(=O)OC1=CC=C([N+](=O)[O-])CC1C. The van der Waals surface area contributed by atoms with E-state index in [1.54, 1.807) is 20.8 Å². The normalized spacial score (nSPS) is 20.1. The van der Waals surface area contributed by atoms with Crippen LogP contribution in [0.15, 0.2) is 23.6 Å². The summed E-state index contributed by atoms with van der Waals surface area (Å²) in [4.78, 5) is 21.5. The minimum absolute atomic E-state index is 0.131. The van der Waals surface area contributed by atoms with Crippen molar-refractivity contribution in [1.29, 1.82) is 0 Å². The summed E-state index contributed by atoms with van der Waals surface area (Å²) in [5.41, 5.74) is 0.150. The van der Waals surface area contributed by atoms with Gasteiger partial charge in [0, 0.05) is 18.4 Å². The van der Waals surface area contributed by atoms with E-state index >= 15 is 0 Å². The Hall–Kier alpha value is -1.65. The Morgan fingerprint density at radius 2 is 2.19 bits per heavy atom. The van der Waals surface area contributed by atoms with Crippen LogP contribution in [0.3, 0.4) is 0 Å². The van der Waals surface area contributed by atoms with Gasteiger partial charge in [0.15, 0.2) is 0 Å². The van der Waals surface area contributed by atoms with E-state index in [-0.39, 0.29) is 23.5 Å². The van der Waals surface area contributed by atoms with Crippen molar-refractivity contribution in [1.82, 2.24) is 0 Å². The molecular weight excluding hydrogens is 210 g/mol. The molecule has 1 aliphatic carbocycles. The van der Waals surface area contributed by atoms with Crippen molar-refractivity contribution in [2.75, 3.05) is 0 Å². The Balaban J connectivity index is 2.75. The van der Waals surface area contributed by atoms with Crippen LogP contribution in [0.5, 0.6) is 0 Å².